The first-order valence-corrected chi connectivity index (χ1v) is 6.90. The lowest BCUT2D eigenvalue weighted by Crippen LogP contribution is -2.12. The number of aryl methyl sites for hydroxylation is 1. The molecule has 0 amide bonds. The van der Waals surface area contributed by atoms with Crippen LogP contribution in [0.1, 0.15) is 28.4 Å². The first kappa shape index (κ1) is 12.2. The third-order valence-corrected chi connectivity index (χ3v) is 3.82. The third kappa shape index (κ3) is 3.10. The molecule has 2 rings (SSSR count). The normalized spacial score (nSPS) is 12.4. The van der Waals surface area contributed by atoms with E-state index in [1.54, 1.807) is 11.3 Å². The van der Waals surface area contributed by atoms with E-state index in [2.05, 4.69) is 10.2 Å². The second-order valence-electron chi connectivity index (χ2n) is 3.60. The number of ether oxygens (including phenoxy) is 1. The Bertz CT molecular complexity index is 493. The molecule has 0 radical (unpaired) electrons. The number of esters is 1. The summed E-state index contributed by atoms with van der Waals surface area (Å²) in [5.41, 5.74) is 0.994. The Morgan fingerprint density at radius 1 is 1.53 bits per heavy atom. The highest BCUT2D eigenvalue weighted by Crippen LogP contribution is 2.20. The van der Waals surface area contributed by atoms with E-state index in [-0.39, 0.29) is 18.5 Å². The van der Waals surface area contributed by atoms with Crippen molar-refractivity contribution in [1.82, 2.24) is 10.2 Å². The molecule has 0 N–H and O–H groups in total. The molecule has 2 heterocycles. The van der Waals surface area contributed by atoms with Gasteiger partial charge in [-0.05, 0) is 36.2 Å². The molecule has 2 aromatic rings. The lowest BCUT2D eigenvalue weighted by atomic mass is 10.1. The van der Waals surface area contributed by atoms with Gasteiger partial charge in [0.2, 0.25) is 0 Å². The number of carbonyl (C=O) groups is 1. The number of thiophene rings is 1. The van der Waals surface area contributed by atoms with Crippen LogP contribution in [0.25, 0.3) is 0 Å². The average molecular weight is 268 g/mol. The van der Waals surface area contributed by atoms with Crippen LogP contribution in [-0.4, -0.2) is 16.2 Å². The van der Waals surface area contributed by atoms with Crippen molar-refractivity contribution in [2.45, 2.75) is 26.4 Å². The number of carbonyl (C=O) groups excluding carboxylic acids is 1. The van der Waals surface area contributed by atoms with Gasteiger partial charge < -0.3 is 4.74 Å². The molecular formula is C11H12N2O2S2. The minimum absolute atomic E-state index is 0.207. The molecule has 1 unspecified atom stereocenters. The van der Waals surface area contributed by atoms with E-state index in [0.29, 0.717) is 0 Å². The van der Waals surface area contributed by atoms with E-state index in [9.17, 15) is 4.79 Å². The molecular weight excluding hydrogens is 256 g/mol. The second kappa shape index (κ2) is 5.37. The van der Waals surface area contributed by atoms with E-state index < -0.39 is 0 Å². The minimum atomic E-state index is -0.227. The van der Waals surface area contributed by atoms with Gasteiger partial charge in [-0.3, -0.25) is 4.79 Å². The quantitative estimate of drug-likeness (QED) is 0.800. The standard InChI is InChI=1S/C11H12N2O2S2/c1-7(9-3-4-16-6-9)11(14)15-5-10-13-12-8(2)17-10/h3-4,6-7H,5H2,1-2H3. The van der Waals surface area contributed by atoms with Crippen LogP contribution in [0.5, 0.6) is 0 Å². The van der Waals surface area contributed by atoms with E-state index in [0.717, 1.165) is 15.6 Å². The summed E-state index contributed by atoms with van der Waals surface area (Å²) in [5.74, 6) is -0.452. The van der Waals surface area contributed by atoms with Crippen LogP contribution in [0, 0.1) is 6.92 Å². The first-order chi connectivity index (χ1) is 8.16. The SMILES string of the molecule is Cc1nnc(COC(=O)C(C)c2ccsc2)s1. The van der Waals surface area contributed by atoms with Gasteiger partial charge in [-0.2, -0.15) is 11.3 Å². The molecule has 0 aliphatic heterocycles. The van der Waals surface area contributed by atoms with Crippen LogP contribution in [0.2, 0.25) is 0 Å². The first-order valence-electron chi connectivity index (χ1n) is 5.14. The van der Waals surface area contributed by atoms with Crippen LogP contribution in [0.4, 0.5) is 0 Å². The van der Waals surface area contributed by atoms with Gasteiger partial charge in [-0.15, -0.1) is 10.2 Å². The summed E-state index contributed by atoms with van der Waals surface area (Å²) in [5, 5.41) is 13.3. The van der Waals surface area contributed by atoms with Crippen molar-refractivity contribution in [2.24, 2.45) is 0 Å². The maximum atomic E-state index is 11.8. The minimum Gasteiger partial charge on any atom is -0.458 e. The van der Waals surface area contributed by atoms with Crippen LogP contribution >= 0.6 is 22.7 Å². The van der Waals surface area contributed by atoms with Gasteiger partial charge in [-0.1, -0.05) is 11.3 Å². The molecule has 0 aromatic carbocycles. The lowest BCUT2D eigenvalue weighted by Gasteiger charge is -2.08. The largest absolute Gasteiger partial charge is 0.458 e. The van der Waals surface area contributed by atoms with Crippen LogP contribution < -0.4 is 0 Å². The predicted molar refractivity (Wildman–Crippen MR) is 67.2 cm³/mol. The van der Waals surface area contributed by atoms with Crippen molar-refractivity contribution in [1.29, 1.82) is 0 Å². The summed E-state index contributed by atoms with van der Waals surface area (Å²) < 4.78 is 5.20. The van der Waals surface area contributed by atoms with Crippen molar-refractivity contribution >= 4 is 28.6 Å². The molecule has 1 atom stereocenters. The van der Waals surface area contributed by atoms with Gasteiger partial charge in [-0.25, -0.2) is 0 Å². The maximum Gasteiger partial charge on any atom is 0.313 e. The second-order valence-corrected chi connectivity index (χ2v) is 5.65. The summed E-state index contributed by atoms with van der Waals surface area (Å²) in [6, 6.07) is 1.94. The Balaban J connectivity index is 1.89. The zero-order valence-electron chi connectivity index (χ0n) is 9.54. The van der Waals surface area contributed by atoms with E-state index in [1.165, 1.54) is 11.3 Å². The van der Waals surface area contributed by atoms with Gasteiger partial charge >= 0.3 is 5.97 Å². The van der Waals surface area contributed by atoms with Gasteiger partial charge in [0.05, 0.1) is 5.92 Å². The zero-order valence-corrected chi connectivity index (χ0v) is 11.2. The molecule has 0 aliphatic carbocycles. The van der Waals surface area contributed by atoms with E-state index in [4.69, 9.17) is 4.74 Å². The van der Waals surface area contributed by atoms with Gasteiger partial charge in [0.15, 0.2) is 5.01 Å². The summed E-state index contributed by atoms with van der Waals surface area (Å²) in [6.07, 6.45) is 0. The highest BCUT2D eigenvalue weighted by atomic mass is 32.1. The van der Waals surface area contributed by atoms with Gasteiger partial charge in [0.1, 0.15) is 11.6 Å². The predicted octanol–water partition coefficient (Wildman–Crippen LogP) is 2.75. The molecule has 2 aromatic heterocycles. The fourth-order valence-corrected chi connectivity index (χ4v) is 2.69. The number of nitrogens with zero attached hydrogens (tertiary/aromatic N) is 2. The summed E-state index contributed by atoms with van der Waals surface area (Å²) in [7, 11) is 0. The molecule has 17 heavy (non-hydrogen) atoms. The van der Waals surface area contributed by atoms with E-state index >= 15 is 0 Å². The average Bonchev–Trinajstić information content (AvgIpc) is 2.95. The fourth-order valence-electron chi connectivity index (χ4n) is 1.31. The highest BCUT2D eigenvalue weighted by Gasteiger charge is 2.17. The monoisotopic (exact) mass is 268 g/mol. The number of hydrogen-bond acceptors (Lipinski definition) is 6. The topological polar surface area (TPSA) is 52.1 Å². The van der Waals surface area contributed by atoms with Crippen molar-refractivity contribution < 1.29 is 9.53 Å². The number of aromatic nitrogens is 2. The molecule has 0 fully saturated rings. The Morgan fingerprint density at radius 2 is 2.35 bits per heavy atom. The van der Waals surface area contributed by atoms with Crippen LogP contribution in [0.3, 0.4) is 0 Å². The van der Waals surface area contributed by atoms with Crippen LogP contribution in [-0.2, 0) is 16.1 Å². The number of rotatable bonds is 4. The molecule has 0 aliphatic rings. The fraction of sp³-hybridized carbons (Fsp3) is 0.364. The Labute approximate surface area is 107 Å². The number of hydrogen-bond donors (Lipinski definition) is 0. The molecule has 6 heteroatoms. The molecule has 0 saturated carbocycles. The van der Waals surface area contributed by atoms with Gasteiger partial charge in [0, 0.05) is 0 Å². The van der Waals surface area contributed by atoms with Crippen LogP contribution in [0.15, 0.2) is 16.8 Å². The highest BCUT2D eigenvalue weighted by molar-refractivity contribution is 7.11. The summed E-state index contributed by atoms with van der Waals surface area (Å²) >= 11 is 3.02. The summed E-state index contributed by atoms with van der Waals surface area (Å²) in [6.45, 7) is 3.92. The lowest BCUT2D eigenvalue weighted by molar-refractivity contribution is -0.146. The zero-order chi connectivity index (χ0) is 12.3. The molecule has 4 nitrogen and oxygen atoms in total. The molecule has 0 bridgehead atoms. The van der Waals surface area contributed by atoms with Crippen molar-refractivity contribution in [3.8, 4) is 0 Å². The van der Waals surface area contributed by atoms with Crippen molar-refractivity contribution in [2.75, 3.05) is 0 Å². The van der Waals surface area contributed by atoms with E-state index in [1.807, 2.05) is 30.7 Å². The Morgan fingerprint density at radius 3 is 2.94 bits per heavy atom. The molecule has 90 valence electrons. The van der Waals surface area contributed by atoms with Gasteiger partial charge in [0.25, 0.3) is 0 Å². The van der Waals surface area contributed by atoms with Crippen molar-refractivity contribution in [3.05, 3.63) is 32.4 Å². The van der Waals surface area contributed by atoms with Crippen molar-refractivity contribution in [3.63, 3.8) is 0 Å². The Kier molecular flexibility index (Phi) is 3.86. The summed E-state index contributed by atoms with van der Waals surface area (Å²) in [4.78, 5) is 11.8. The smallest absolute Gasteiger partial charge is 0.313 e. The molecule has 0 saturated heterocycles. The Hall–Kier alpha value is -1.27. The third-order valence-electron chi connectivity index (χ3n) is 2.30. The molecule has 0 spiro atoms. The maximum absolute atomic E-state index is 11.8.